The molecule has 1 saturated heterocycles. The molecule has 0 amide bonds. The van der Waals surface area contributed by atoms with Gasteiger partial charge in [0, 0.05) is 6.20 Å². The summed E-state index contributed by atoms with van der Waals surface area (Å²) >= 11 is 0. The van der Waals surface area contributed by atoms with Crippen molar-refractivity contribution in [2.45, 2.75) is 46.1 Å². The van der Waals surface area contributed by atoms with Crippen LogP contribution in [-0.4, -0.2) is 28.1 Å². The van der Waals surface area contributed by atoms with Gasteiger partial charge in [0.05, 0.1) is 11.7 Å². The summed E-state index contributed by atoms with van der Waals surface area (Å²) in [5.41, 5.74) is 1.40. The van der Waals surface area contributed by atoms with Crippen LogP contribution in [0, 0.1) is 5.41 Å². The van der Waals surface area contributed by atoms with Gasteiger partial charge in [0.25, 0.3) is 0 Å². The monoisotopic (exact) mass is 222 g/mol. The van der Waals surface area contributed by atoms with E-state index in [1.165, 1.54) is 0 Å². The Labute approximate surface area is 97.4 Å². The van der Waals surface area contributed by atoms with Crippen LogP contribution in [0.3, 0.4) is 0 Å². The van der Waals surface area contributed by atoms with Crippen LogP contribution in [0.25, 0.3) is 0 Å². The molecule has 1 aliphatic rings. The van der Waals surface area contributed by atoms with Crippen molar-refractivity contribution < 1.29 is 0 Å². The number of rotatable bonds is 2. The fraction of sp³-hybridized carbons (Fsp3) is 0.833. The first-order valence-corrected chi connectivity index (χ1v) is 6.16. The molecule has 2 heterocycles. The van der Waals surface area contributed by atoms with Gasteiger partial charge in [0.15, 0.2) is 0 Å². The van der Waals surface area contributed by atoms with E-state index < -0.39 is 0 Å². The van der Waals surface area contributed by atoms with Gasteiger partial charge in [0.1, 0.15) is 0 Å². The van der Waals surface area contributed by atoms with Crippen LogP contribution in [0.4, 0.5) is 0 Å². The van der Waals surface area contributed by atoms with Crippen molar-refractivity contribution in [3.63, 3.8) is 0 Å². The van der Waals surface area contributed by atoms with E-state index in [2.05, 4.69) is 47.3 Å². The van der Waals surface area contributed by atoms with Crippen LogP contribution in [0.15, 0.2) is 6.20 Å². The van der Waals surface area contributed by atoms with Gasteiger partial charge in [-0.15, -0.1) is 5.10 Å². The number of hydrogen-bond acceptors (Lipinski definition) is 3. The van der Waals surface area contributed by atoms with Gasteiger partial charge < -0.3 is 5.32 Å². The van der Waals surface area contributed by atoms with Gasteiger partial charge in [-0.1, -0.05) is 26.0 Å². The summed E-state index contributed by atoms with van der Waals surface area (Å²) in [5.74, 6) is 0. The zero-order chi connectivity index (χ0) is 11.6. The van der Waals surface area contributed by atoms with Crippen LogP contribution in [0.1, 0.15) is 45.3 Å². The molecule has 90 valence electrons. The first-order chi connectivity index (χ1) is 7.54. The maximum atomic E-state index is 4.27. The van der Waals surface area contributed by atoms with Crippen LogP contribution >= 0.6 is 0 Å². The molecule has 1 N–H and O–H groups in total. The van der Waals surface area contributed by atoms with Crippen molar-refractivity contribution >= 4 is 0 Å². The molecule has 4 heteroatoms. The molecule has 0 aliphatic carbocycles. The second-order valence-electron chi connectivity index (χ2n) is 5.91. The Hall–Kier alpha value is -0.900. The van der Waals surface area contributed by atoms with Gasteiger partial charge in [0.2, 0.25) is 0 Å². The first-order valence-electron chi connectivity index (χ1n) is 6.16. The number of piperidine rings is 1. The second-order valence-corrected chi connectivity index (χ2v) is 5.91. The van der Waals surface area contributed by atoms with E-state index in [0.29, 0.717) is 6.04 Å². The van der Waals surface area contributed by atoms with Crippen molar-refractivity contribution in [1.82, 2.24) is 20.3 Å². The molecule has 0 radical (unpaired) electrons. The second kappa shape index (κ2) is 4.53. The minimum Gasteiger partial charge on any atom is -0.317 e. The summed E-state index contributed by atoms with van der Waals surface area (Å²) in [7, 11) is 0. The fourth-order valence-corrected chi connectivity index (χ4v) is 2.19. The molecule has 1 aromatic rings. The van der Waals surface area contributed by atoms with Gasteiger partial charge >= 0.3 is 0 Å². The summed E-state index contributed by atoms with van der Waals surface area (Å²) in [6.07, 6.45) is 5.45. The van der Waals surface area contributed by atoms with Crippen molar-refractivity contribution in [1.29, 1.82) is 0 Å². The molecule has 0 atom stereocenters. The fourth-order valence-electron chi connectivity index (χ4n) is 2.19. The highest BCUT2D eigenvalue weighted by atomic mass is 15.4. The minimum absolute atomic E-state index is 0.287. The van der Waals surface area contributed by atoms with Gasteiger partial charge in [-0.2, -0.15) is 0 Å². The third kappa shape index (κ3) is 3.04. The lowest BCUT2D eigenvalue weighted by atomic mass is 9.91. The lowest BCUT2D eigenvalue weighted by molar-refractivity contribution is 0.337. The highest BCUT2D eigenvalue weighted by Crippen LogP contribution is 2.21. The Morgan fingerprint density at radius 1 is 1.38 bits per heavy atom. The Bertz CT molecular complexity index is 331. The largest absolute Gasteiger partial charge is 0.317 e. The molecule has 2 rings (SSSR count). The molecular weight excluding hydrogens is 200 g/mol. The zero-order valence-corrected chi connectivity index (χ0v) is 10.5. The van der Waals surface area contributed by atoms with E-state index >= 15 is 0 Å². The molecule has 1 aliphatic heterocycles. The lowest BCUT2D eigenvalue weighted by Crippen LogP contribution is -2.29. The number of aromatic nitrogens is 3. The first kappa shape index (κ1) is 11.6. The van der Waals surface area contributed by atoms with E-state index in [0.717, 1.165) is 38.0 Å². The standard InChI is InChI=1S/C12H22N4/c1-12(2,3)8-10-9-16(15-14-10)11-4-6-13-7-5-11/h9,11,13H,4-8H2,1-3H3. The predicted octanol–water partition coefficient (Wildman–Crippen LogP) is 1.79. The van der Waals surface area contributed by atoms with Gasteiger partial charge in [-0.25, -0.2) is 4.68 Å². The van der Waals surface area contributed by atoms with Gasteiger partial charge in [-0.3, -0.25) is 0 Å². The topological polar surface area (TPSA) is 42.7 Å². The minimum atomic E-state index is 0.287. The maximum absolute atomic E-state index is 4.27. The summed E-state index contributed by atoms with van der Waals surface area (Å²) in [4.78, 5) is 0. The quantitative estimate of drug-likeness (QED) is 0.829. The third-order valence-corrected chi connectivity index (χ3v) is 2.95. The average molecular weight is 222 g/mol. The summed E-state index contributed by atoms with van der Waals surface area (Å²) < 4.78 is 2.06. The molecule has 0 bridgehead atoms. The molecule has 0 saturated carbocycles. The molecule has 1 aromatic heterocycles. The smallest absolute Gasteiger partial charge is 0.0832 e. The summed E-state index contributed by atoms with van der Waals surface area (Å²) in [6, 6.07) is 0.544. The molecule has 0 aromatic carbocycles. The molecular formula is C12H22N4. The van der Waals surface area contributed by atoms with E-state index in [4.69, 9.17) is 0 Å². The van der Waals surface area contributed by atoms with Crippen molar-refractivity contribution in [2.24, 2.45) is 5.41 Å². The van der Waals surface area contributed by atoms with Crippen molar-refractivity contribution in [2.75, 3.05) is 13.1 Å². The van der Waals surface area contributed by atoms with E-state index in [-0.39, 0.29) is 5.41 Å². The van der Waals surface area contributed by atoms with Crippen molar-refractivity contribution in [3.8, 4) is 0 Å². The Kier molecular flexibility index (Phi) is 3.28. The van der Waals surface area contributed by atoms with Gasteiger partial charge in [-0.05, 0) is 37.8 Å². The molecule has 0 unspecified atom stereocenters. The highest BCUT2D eigenvalue weighted by Gasteiger charge is 2.18. The zero-order valence-electron chi connectivity index (χ0n) is 10.5. The normalized spacial score (nSPS) is 18.9. The van der Waals surface area contributed by atoms with E-state index in [1.54, 1.807) is 0 Å². The number of nitrogens with zero attached hydrogens (tertiary/aromatic N) is 3. The molecule has 4 nitrogen and oxygen atoms in total. The number of nitrogens with one attached hydrogen (secondary N) is 1. The van der Waals surface area contributed by atoms with Crippen LogP contribution in [-0.2, 0) is 6.42 Å². The SMILES string of the molecule is CC(C)(C)Cc1cn(C2CCNCC2)nn1. The van der Waals surface area contributed by atoms with Crippen LogP contribution in [0.5, 0.6) is 0 Å². The lowest BCUT2D eigenvalue weighted by Gasteiger charge is -2.22. The Morgan fingerprint density at radius 3 is 2.69 bits per heavy atom. The highest BCUT2D eigenvalue weighted by molar-refractivity contribution is 4.97. The maximum Gasteiger partial charge on any atom is 0.0832 e. The van der Waals surface area contributed by atoms with Crippen LogP contribution < -0.4 is 5.32 Å². The van der Waals surface area contributed by atoms with Crippen LogP contribution in [0.2, 0.25) is 0 Å². The number of hydrogen-bond donors (Lipinski definition) is 1. The predicted molar refractivity (Wildman–Crippen MR) is 64.3 cm³/mol. The molecule has 16 heavy (non-hydrogen) atoms. The summed E-state index contributed by atoms with van der Waals surface area (Å²) in [5, 5.41) is 11.9. The van der Waals surface area contributed by atoms with E-state index in [1.807, 2.05) is 0 Å². The molecule has 1 fully saturated rings. The van der Waals surface area contributed by atoms with Crippen molar-refractivity contribution in [3.05, 3.63) is 11.9 Å². The molecule has 0 spiro atoms. The van der Waals surface area contributed by atoms with E-state index in [9.17, 15) is 0 Å². The summed E-state index contributed by atoms with van der Waals surface area (Å²) in [6.45, 7) is 8.89. The Balaban J connectivity index is 2.01. The Morgan fingerprint density at radius 2 is 2.06 bits per heavy atom. The third-order valence-electron chi connectivity index (χ3n) is 2.95. The average Bonchev–Trinajstić information content (AvgIpc) is 2.65.